The molecule has 0 aliphatic carbocycles. The Hall–Kier alpha value is -6.53. The Kier molecular flexibility index (Phi) is 7.31. The van der Waals surface area contributed by atoms with Gasteiger partial charge < -0.3 is 9.80 Å². The van der Waals surface area contributed by atoms with E-state index in [1.807, 2.05) is 11.8 Å². The molecule has 0 atom stereocenters. The second-order valence-corrected chi connectivity index (χ2v) is 20.0. The Morgan fingerprint density at radius 1 is 0.421 bits per heavy atom. The number of hydrogen-bond donors (Lipinski definition) is 0. The van der Waals surface area contributed by atoms with Crippen LogP contribution in [0.5, 0.6) is 0 Å². The molecule has 5 heteroatoms. The molecule has 0 amide bonds. The van der Waals surface area contributed by atoms with Gasteiger partial charge in [-0.1, -0.05) is 187 Å². The number of para-hydroxylation sites is 3. The molecule has 12 rings (SSSR count). The summed E-state index contributed by atoms with van der Waals surface area (Å²) in [6.45, 7) is 0.0597. The Morgan fingerprint density at radius 3 is 1.77 bits per heavy atom. The molecule has 0 bridgehead atoms. The highest BCUT2D eigenvalue weighted by molar-refractivity contribution is 8.00. The molecule has 57 heavy (non-hydrogen) atoms. The third-order valence-electron chi connectivity index (χ3n) is 12.3. The van der Waals surface area contributed by atoms with Gasteiger partial charge in [-0.05, 0) is 79.5 Å². The lowest BCUT2D eigenvalue weighted by Crippen LogP contribution is -2.87. The molecule has 9 aromatic carbocycles. The fraction of sp³-hybridized carbons (Fsp3) is 0. The molecule has 9 aromatic rings. The Balaban J connectivity index is 1.31. The van der Waals surface area contributed by atoms with Gasteiger partial charge in [0.15, 0.2) is 8.07 Å². The summed E-state index contributed by atoms with van der Waals surface area (Å²) < 4.78 is 0. The Labute approximate surface area is 338 Å². The maximum Gasteiger partial charge on any atom is 0.246 e. The van der Waals surface area contributed by atoms with Crippen molar-refractivity contribution in [2.24, 2.45) is 0 Å². The van der Waals surface area contributed by atoms with Crippen LogP contribution in [0.3, 0.4) is 0 Å². The van der Waals surface area contributed by atoms with Gasteiger partial charge in [-0.3, -0.25) is 0 Å². The highest BCUT2D eigenvalue weighted by Crippen LogP contribution is 2.57. The minimum atomic E-state index is -2.98. The minimum Gasteiger partial charge on any atom is -0.310 e. The number of benzene rings is 9. The van der Waals surface area contributed by atoms with Crippen LogP contribution in [-0.2, 0) is 0 Å². The van der Waals surface area contributed by atoms with Crippen molar-refractivity contribution in [1.29, 1.82) is 0 Å². The summed E-state index contributed by atoms with van der Waals surface area (Å²) in [5.74, 6) is 0. The van der Waals surface area contributed by atoms with Gasteiger partial charge in [-0.2, -0.15) is 0 Å². The zero-order valence-electron chi connectivity index (χ0n) is 31.1. The lowest BCUT2D eigenvalue weighted by atomic mass is 9.34. The summed E-state index contributed by atoms with van der Waals surface area (Å²) in [6, 6.07) is 79.8. The third kappa shape index (κ3) is 4.61. The van der Waals surface area contributed by atoms with Crippen molar-refractivity contribution in [1.82, 2.24) is 0 Å². The van der Waals surface area contributed by atoms with Crippen LogP contribution in [0.15, 0.2) is 222 Å². The van der Waals surface area contributed by atoms with Gasteiger partial charge in [0, 0.05) is 21.7 Å². The summed E-state index contributed by atoms with van der Waals surface area (Å²) >= 11 is 1.92. The van der Waals surface area contributed by atoms with E-state index in [1.54, 1.807) is 0 Å². The molecule has 3 aliphatic rings. The maximum absolute atomic E-state index is 2.98. The first kappa shape index (κ1) is 32.7. The largest absolute Gasteiger partial charge is 0.310 e. The van der Waals surface area contributed by atoms with E-state index < -0.39 is 8.07 Å². The van der Waals surface area contributed by atoms with Crippen molar-refractivity contribution < 1.29 is 0 Å². The predicted octanol–water partition coefficient (Wildman–Crippen LogP) is 8.76. The zero-order valence-corrected chi connectivity index (χ0v) is 32.9. The topological polar surface area (TPSA) is 6.48 Å². The van der Waals surface area contributed by atoms with E-state index in [1.165, 1.54) is 91.8 Å². The molecular weight excluding hydrogens is 724 g/mol. The quantitative estimate of drug-likeness (QED) is 0.166. The van der Waals surface area contributed by atoms with Gasteiger partial charge in [-0.15, -0.1) is 0 Å². The number of hydrogen-bond acceptors (Lipinski definition) is 3. The molecule has 0 radical (unpaired) electrons. The lowest BCUT2D eigenvalue weighted by Gasteiger charge is -2.49. The normalized spacial score (nSPS) is 14.3. The summed E-state index contributed by atoms with van der Waals surface area (Å²) in [5, 5.41) is 8.19. The first-order valence-electron chi connectivity index (χ1n) is 19.7. The van der Waals surface area contributed by atoms with Gasteiger partial charge >= 0.3 is 0 Å². The highest BCUT2D eigenvalue weighted by Gasteiger charge is 2.54. The summed E-state index contributed by atoms with van der Waals surface area (Å²) in [4.78, 5) is 7.71. The van der Waals surface area contributed by atoms with Gasteiger partial charge in [0.25, 0.3) is 0 Å². The summed E-state index contributed by atoms with van der Waals surface area (Å²) in [5.41, 5.74) is 11.5. The van der Waals surface area contributed by atoms with E-state index >= 15 is 0 Å². The lowest BCUT2D eigenvalue weighted by molar-refractivity contribution is 1.15. The van der Waals surface area contributed by atoms with E-state index in [9.17, 15) is 0 Å². The third-order valence-corrected chi connectivity index (χ3v) is 18.4. The number of fused-ring (bicyclic) bond motifs is 8. The number of anilines is 6. The van der Waals surface area contributed by atoms with Gasteiger partial charge in [0.05, 0.1) is 27.6 Å². The van der Waals surface area contributed by atoms with Gasteiger partial charge in [-0.25, -0.2) is 0 Å². The van der Waals surface area contributed by atoms with E-state index in [2.05, 4.69) is 222 Å². The molecule has 0 saturated heterocycles. The minimum absolute atomic E-state index is 0.0597. The van der Waals surface area contributed by atoms with Gasteiger partial charge in [0.1, 0.15) is 0 Å². The molecule has 0 spiro atoms. The fourth-order valence-electron chi connectivity index (χ4n) is 10.2. The second kappa shape index (κ2) is 12.8. The molecule has 3 heterocycles. The molecule has 2 nitrogen and oxygen atoms in total. The van der Waals surface area contributed by atoms with E-state index in [0.717, 1.165) is 0 Å². The Bertz CT molecular complexity index is 2980. The van der Waals surface area contributed by atoms with Gasteiger partial charge in [0.2, 0.25) is 6.71 Å². The first-order chi connectivity index (χ1) is 28.3. The smallest absolute Gasteiger partial charge is 0.246 e. The average Bonchev–Trinajstić information content (AvgIpc) is 3.29. The van der Waals surface area contributed by atoms with Crippen molar-refractivity contribution in [3.05, 3.63) is 212 Å². The van der Waals surface area contributed by atoms with Crippen LogP contribution in [-0.4, -0.2) is 14.8 Å². The average molecular weight is 759 g/mol. The SMILES string of the molecule is c1ccc(N2c3ccccc3B3c4ccccc4[Si](c4ccccc4)(c4ccccc4)c4cc5c(c2c43)Sc2ccccc2N5c2cccc3ccccc23)cc1. The first-order valence-corrected chi connectivity index (χ1v) is 22.5. The van der Waals surface area contributed by atoms with Crippen LogP contribution in [0, 0.1) is 0 Å². The molecule has 0 saturated carbocycles. The van der Waals surface area contributed by atoms with E-state index in [4.69, 9.17) is 0 Å². The fourth-order valence-corrected chi connectivity index (χ4v) is 16.6. The zero-order chi connectivity index (χ0) is 37.5. The van der Waals surface area contributed by atoms with Crippen molar-refractivity contribution in [2.45, 2.75) is 9.79 Å². The Morgan fingerprint density at radius 2 is 1.00 bits per heavy atom. The highest BCUT2D eigenvalue weighted by atomic mass is 32.2. The molecule has 0 unspecified atom stereocenters. The van der Waals surface area contributed by atoms with Crippen LogP contribution in [0.4, 0.5) is 34.1 Å². The molecule has 0 aromatic heterocycles. The van der Waals surface area contributed by atoms with Crippen molar-refractivity contribution in [3.8, 4) is 0 Å². The van der Waals surface area contributed by atoms with Crippen LogP contribution < -0.4 is 46.9 Å². The van der Waals surface area contributed by atoms with Crippen molar-refractivity contribution in [3.63, 3.8) is 0 Å². The molecule has 3 aliphatic heterocycles. The van der Waals surface area contributed by atoms with E-state index in [0.29, 0.717) is 0 Å². The van der Waals surface area contributed by atoms with Crippen LogP contribution >= 0.6 is 11.8 Å². The number of rotatable bonds is 4. The van der Waals surface area contributed by atoms with Crippen molar-refractivity contribution in [2.75, 3.05) is 9.80 Å². The summed E-state index contributed by atoms with van der Waals surface area (Å²) in [7, 11) is -2.98. The summed E-state index contributed by atoms with van der Waals surface area (Å²) in [6.07, 6.45) is 0. The van der Waals surface area contributed by atoms with Crippen molar-refractivity contribution >= 4 is 109 Å². The maximum atomic E-state index is 2.64. The van der Waals surface area contributed by atoms with Crippen LogP contribution in [0.2, 0.25) is 0 Å². The standard InChI is InChI=1S/C52H35BN2SSi/c1-4-21-37(22-5-1)54-44-30-14-12-28-41(44)53-42-29-13-17-34-48(42)57(38-23-6-2-7-24-38,39-25-8-3-9-26-39)49-35-46-52(51(54)50(49)53)56-47-33-16-15-31-45(47)55(46)43-32-18-20-36-19-10-11-27-40(36)43/h1-35H. The molecule has 266 valence electrons. The predicted molar refractivity (Wildman–Crippen MR) is 246 cm³/mol. The second-order valence-electron chi connectivity index (χ2n) is 15.2. The van der Waals surface area contributed by atoms with E-state index in [-0.39, 0.29) is 6.71 Å². The van der Waals surface area contributed by atoms with Crippen LogP contribution in [0.25, 0.3) is 10.8 Å². The molecular formula is C52H35BN2SSi. The monoisotopic (exact) mass is 758 g/mol. The van der Waals surface area contributed by atoms with Crippen LogP contribution in [0.1, 0.15) is 0 Å². The molecule has 0 fully saturated rings. The number of nitrogens with zero attached hydrogens (tertiary/aromatic N) is 2. The molecule has 0 N–H and O–H groups in total.